The number of rotatable bonds is 4. The van der Waals surface area contributed by atoms with Crippen LogP contribution < -0.4 is 0 Å². The molecule has 0 aromatic heterocycles. The van der Waals surface area contributed by atoms with Gasteiger partial charge in [-0.2, -0.15) is 0 Å². The molecule has 1 fully saturated rings. The highest BCUT2D eigenvalue weighted by Gasteiger charge is 2.28. The van der Waals surface area contributed by atoms with E-state index in [1.807, 2.05) is 18.2 Å². The molecule has 0 unspecified atom stereocenters. The quantitative estimate of drug-likeness (QED) is 0.550. The van der Waals surface area contributed by atoms with E-state index in [0.29, 0.717) is 0 Å². The molecule has 0 atom stereocenters. The molecular weight excluding hydrogens is 374 g/mol. The molecule has 2 aromatic carbocycles. The van der Waals surface area contributed by atoms with Crippen LogP contribution in [0.4, 0.5) is 0 Å². The van der Waals surface area contributed by atoms with E-state index in [1.54, 1.807) is 0 Å². The molecule has 2 nitrogen and oxygen atoms in total. The van der Waals surface area contributed by atoms with Crippen LogP contribution in [0.15, 0.2) is 65.1 Å². The fourth-order valence-electron chi connectivity index (χ4n) is 2.95. The Morgan fingerprint density at radius 3 is 2.44 bits per heavy atom. The Kier molecular flexibility index (Phi) is 6.47. The number of quaternary nitrogens is 1. The van der Waals surface area contributed by atoms with Crippen LogP contribution in [0.1, 0.15) is 11.1 Å². The highest BCUT2D eigenvalue weighted by Crippen LogP contribution is 2.13. The second-order valence-electron chi connectivity index (χ2n) is 6.36. The molecule has 0 amide bonds. The lowest BCUT2D eigenvalue weighted by Gasteiger charge is -2.39. The molecule has 0 aliphatic carbocycles. The van der Waals surface area contributed by atoms with Gasteiger partial charge < -0.3 is 9.22 Å². The summed E-state index contributed by atoms with van der Waals surface area (Å²) in [4.78, 5) is 0. The molecule has 128 valence electrons. The van der Waals surface area contributed by atoms with Crippen molar-refractivity contribution in [2.75, 3.05) is 39.4 Å². The van der Waals surface area contributed by atoms with Crippen LogP contribution in [0.3, 0.4) is 0 Å². The third-order valence-corrected chi connectivity index (χ3v) is 5.04. The van der Waals surface area contributed by atoms with Crippen LogP contribution in [-0.4, -0.2) is 43.9 Å². The topological polar surface area (TPSA) is 9.23 Å². The molecule has 0 spiro atoms. The fraction of sp³-hybridized carbons (Fsp3) is 0.273. The Morgan fingerprint density at radius 2 is 1.72 bits per heavy atom. The van der Waals surface area contributed by atoms with E-state index in [1.165, 1.54) is 5.56 Å². The molecule has 2 aromatic rings. The highest BCUT2D eigenvalue weighted by molar-refractivity contribution is 9.10. The molecule has 0 radical (unpaired) electrons. The Hall–Kier alpha value is -1.86. The SMILES string of the molecule is Brc1ccc(C#CC[N+]2(CC=Cc3ccccc3)CCOCC2)cc1. The number of morpholine rings is 1. The maximum atomic E-state index is 5.57. The number of ether oxygens (including phenoxy) is 1. The van der Waals surface area contributed by atoms with E-state index < -0.39 is 0 Å². The molecule has 0 N–H and O–H groups in total. The maximum Gasteiger partial charge on any atom is 0.141 e. The maximum absolute atomic E-state index is 5.57. The largest absolute Gasteiger partial charge is 0.370 e. The molecule has 1 aliphatic heterocycles. The molecule has 1 heterocycles. The van der Waals surface area contributed by atoms with Gasteiger partial charge in [-0.3, -0.25) is 0 Å². The van der Waals surface area contributed by atoms with E-state index in [4.69, 9.17) is 4.74 Å². The van der Waals surface area contributed by atoms with Crippen LogP contribution >= 0.6 is 15.9 Å². The standard InChI is InChI=1S/C22H23BrNO/c23-22-12-10-21(11-13-22)9-5-15-24(16-18-25-19-17-24)14-4-8-20-6-2-1-3-7-20/h1-4,6-8,10-13H,14-19H2/q+1. The number of nitrogens with zero attached hydrogens (tertiary/aromatic N) is 1. The van der Waals surface area contributed by atoms with E-state index in [-0.39, 0.29) is 0 Å². The molecule has 3 rings (SSSR count). The molecule has 25 heavy (non-hydrogen) atoms. The zero-order valence-corrected chi connectivity index (χ0v) is 15.9. The van der Waals surface area contributed by atoms with Gasteiger partial charge in [0.2, 0.25) is 0 Å². The summed E-state index contributed by atoms with van der Waals surface area (Å²) < 4.78 is 7.64. The van der Waals surface area contributed by atoms with Gasteiger partial charge in [0.05, 0.1) is 19.8 Å². The van der Waals surface area contributed by atoms with Crippen LogP contribution in [0.2, 0.25) is 0 Å². The van der Waals surface area contributed by atoms with Crippen LogP contribution in [0.25, 0.3) is 6.08 Å². The van der Waals surface area contributed by atoms with Gasteiger partial charge in [-0.25, -0.2) is 0 Å². The van der Waals surface area contributed by atoms with Crippen molar-refractivity contribution in [3.05, 3.63) is 76.3 Å². The second kappa shape index (κ2) is 9.01. The van der Waals surface area contributed by atoms with Gasteiger partial charge in [-0.05, 0) is 41.8 Å². The zero-order valence-electron chi connectivity index (χ0n) is 14.3. The average Bonchev–Trinajstić information content (AvgIpc) is 2.65. The fourth-order valence-corrected chi connectivity index (χ4v) is 3.22. The number of benzene rings is 2. The number of hydrogen-bond donors (Lipinski definition) is 0. The van der Waals surface area contributed by atoms with Gasteiger partial charge in [0.15, 0.2) is 0 Å². The Labute approximate surface area is 158 Å². The van der Waals surface area contributed by atoms with Crippen molar-refractivity contribution >= 4 is 22.0 Å². The van der Waals surface area contributed by atoms with Crippen LogP contribution in [0.5, 0.6) is 0 Å². The first-order valence-electron chi connectivity index (χ1n) is 8.65. The zero-order chi connectivity index (χ0) is 17.4. The van der Waals surface area contributed by atoms with Gasteiger partial charge in [-0.15, -0.1) is 0 Å². The number of halogens is 1. The lowest BCUT2D eigenvalue weighted by molar-refractivity contribution is -0.923. The molecule has 1 saturated heterocycles. The van der Waals surface area contributed by atoms with Crippen molar-refractivity contribution in [3.63, 3.8) is 0 Å². The van der Waals surface area contributed by atoms with E-state index >= 15 is 0 Å². The second-order valence-corrected chi connectivity index (χ2v) is 7.28. The number of hydrogen-bond acceptors (Lipinski definition) is 1. The lowest BCUT2D eigenvalue weighted by atomic mass is 10.2. The minimum Gasteiger partial charge on any atom is -0.370 e. The summed E-state index contributed by atoms with van der Waals surface area (Å²) in [7, 11) is 0. The van der Waals surface area contributed by atoms with Crippen molar-refractivity contribution in [2.45, 2.75) is 0 Å². The van der Waals surface area contributed by atoms with Crippen molar-refractivity contribution in [3.8, 4) is 11.8 Å². The van der Waals surface area contributed by atoms with Gasteiger partial charge in [0, 0.05) is 10.0 Å². The van der Waals surface area contributed by atoms with Crippen molar-refractivity contribution in [1.29, 1.82) is 0 Å². The summed E-state index contributed by atoms with van der Waals surface area (Å²) >= 11 is 3.46. The normalized spacial score (nSPS) is 16.4. The molecular formula is C22H23BrNO+. The predicted octanol–water partition coefficient (Wildman–Crippen LogP) is 4.36. The highest BCUT2D eigenvalue weighted by atomic mass is 79.9. The van der Waals surface area contributed by atoms with E-state index in [9.17, 15) is 0 Å². The van der Waals surface area contributed by atoms with Gasteiger partial charge in [0.25, 0.3) is 0 Å². The van der Waals surface area contributed by atoms with Gasteiger partial charge in [-0.1, -0.05) is 58.3 Å². The first-order valence-corrected chi connectivity index (χ1v) is 9.44. The van der Waals surface area contributed by atoms with Crippen LogP contribution in [-0.2, 0) is 4.74 Å². The first-order chi connectivity index (χ1) is 12.3. The Balaban J connectivity index is 1.66. The summed E-state index contributed by atoms with van der Waals surface area (Å²) in [6.45, 7) is 5.53. The molecule has 3 heteroatoms. The first kappa shape index (κ1) is 17.9. The lowest BCUT2D eigenvalue weighted by Crippen LogP contribution is -2.55. The summed E-state index contributed by atoms with van der Waals surface area (Å²) in [5.41, 5.74) is 2.31. The van der Waals surface area contributed by atoms with Gasteiger partial charge >= 0.3 is 0 Å². The van der Waals surface area contributed by atoms with Crippen LogP contribution in [0, 0.1) is 11.8 Å². The Morgan fingerprint density at radius 1 is 1.00 bits per heavy atom. The average molecular weight is 397 g/mol. The van der Waals surface area contributed by atoms with Crippen molar-refractivity contribution in [1.82, 2.24) is 0 Å². The van der Waals surface area contributed by atoms with Gasteiger partial charge in [0.1, 0.15) is 19.6 Å². The third kappa shape index (κ3) is 5.57. The third-order valence-electron chi connectivity index (χ3n) is 4.51. The summed E-state index contributed by atoms with van der Waals surface area (Å²) in [5.74, 6) is 6.70. The predicted molar refractivity (Wildman–Crippen MR) is 107 cm³/mol. The van der Waals surface area contributed by atoms with E-state index in [2.05, 4.69) is 76.3 Å². The molecule has 0 saturated carbocycles. The minimum atomic E-state index is 0.819. The monoisotopic (exact) mass is 396 g/mol. The molecule has 1 aliphatic rings. The van der Waals surface area contributed by atoms with Crippen molar-refractivity contribution < 1.29 is 9.22 Å². The van der Waals surface area contributed by atoms with E-state index in [0.717, 1.165) is 53.9 Å². The summed E-state index contributed by atoms with van der Waals surface area (Å²) in [6, 6.07) is 18.6. The molecule has 0 bridgehead atoms. The van der Waals surface area contributed by atoms with Crippen molar-refractivity contribution in [2.24, 2.45) is 0 Å². The summed E-state index contributed by atoms with van der Waals surface area (Å²) in [5, 5.41) is 0. The summed E-state index contributed by atoms with van der Waals surface area (Å²) in [6.07, 6.45) is 4.49. The Bertz CT molecular complexity index is 750. The minimum absolute atomic E-state index is 0.819. The smallest absolute Gasteiger partial charge is 0.141 e.